The van der Waals surface area contributed by atoms with Crippen molar-refractivity contribution in [3.63, 3.8) is 0 Å². The van der Waals surface area contributed by atoms with Gasteiger partial charge >= 0.3 is 41.8 Å². The van der Waals surface area contributed by atoms with Crippen LogP contribution in [0.5, 0.6) is 17.6 Å². The van der Waals surface area contributed by atoms with Gasteiger partial charge in [-0.25, -0.2) is 19.2 Å². The Morgan fingerprint density at radius 3 is 1.02 bits per heavy atom. The molecule has 3 aromatic rings. The van der Waals surface area contributed by atoms with Crippen LogP contribution in [0.4, 0.5) is 17.5 Å². The lowest BCUT2D eigenvalue weighted by Gasteiger charge is -2.43. The normalized spacial score (nSPS) is 16.7. The van der Waals surface area contributed by atoms with E-state index in [0.29, 0.717) is 102 Å². The summed E-state index contributed by atoms with van der Waals surface area (Å²) in [5.41, 5.74) is -1.28. The largest absolute Gasteiger partial charge is 0.479 e. The number of carboxylic acid groups (broad SMARTS) is 1. The molecule has 0 bridgehead atoms. The molecule has 42 heteroatoms. The first-order chi connectivity index (χ1) is 54.0. The number of carbonyl (C=O) groups is 9. The molecule has 9 atom stereocenters. The van der Waals surface area contributed by atoms with Gasteiger partial charge in [-0.3, -0.25) is 24.0 Å². The summed E-state index contributed by atoms with van der Waals surface area (Å²) in [5, 5.41) is 22.7. The van der Waals surface area contributed by atoms with Gasteiger partial charge in [0.1, 0.15) is 25.9 Å². The molecule has 3 aliphatic rings. The Morgan fingerprint density at radius 1 is 0.436 bits per heavy atom. The topological polar surface area (TPSA) is 429 Å². The molecular formula is C75H132N12O25S3Si2. The number of rotatable bonds is 34. The van der Waals surface area contributed by atoms with Gasteiger partial charge in [-0.1, -0.05) is 41.5 Å². The molecule has 0 aliphatic carbocycles. The number of aliphatic carboxylic acids is 1. The van der Waals surface area contributed by atoms with Crippen LogP contribution >= 0.6 is 35.2 Å². The quantitative estimate of drug-likeness (QED) is 0.0292. The third-order valence-electron chi connectivity index (χ3n) is 18.8. The highest BCUT2D eigenvalue weighted by Crippen LogP contribution is 2.40. The molecule has 3 aromatic heterocycles. The number of anilines is 3. The van der Waals surface area contributed by atoms with Crippen molar-refractivity contribution in [3.8, 4) is 17.6 Å². The van der Waals surface area contributed by atoms with E-state index in [1.165, 1.54) is 72.0 Å². The Bertz CT molecular complexity index is 3600. The van der Waals surface area contributed by atoms with Crippen LogP contribution in [-0.4, -0.2) is 306 Å². The third-order valence-corrected chi connectivity index (χ3v) is 29.3. The second kappa shape index (κ2) is 47.2. The SMILES string of the molecule is CC(=O)O[C@@H](C)C(=O)O[C@@H](C)C(=O)N(C[C@@H](COc1nsnc1N1CCOCC1)O[Si](C)(C)C(C)(C)C)C(C)(C)C.CC(=O)O[C@@H](C)C(=O)O[C@@H](C)C(=O)N(C[C@H](O)COc1nsnc1N1CCOCC1)C(C)(C)C.CC(=O)O[C@@H](C)C(=O)O[C@@H](C)C(=O)O.CC(C)(C)NC[C@@H](COc1nsnc1N1CCOCC1)O[Si](C)(C)C(C)(C)C. The lowest BCUT2D eigenvalue weighted by molar-refractivity contribution is -0.174. The smallest absolute Gasteiger partial charge is 0.347 e. The minimum atomic E-state index is -2.29. The first kappa shape index (κ1) is 104. The molecule has 3 saturated heterocycles. The zero-order valence-corrected chi connectivity index (χ0v) is 78.3. The number of ether oxygens (including phenoxy) is 12. The zero-order chi connectivity index (χ0) is 88.9. The third kappa shape index (κ3) is 36.8. The fourth-order valence-corrected chi connectivity index (χ4v) is 14.5. The molecule has 0 aromatic carbocycles. The van der Waals surface area contributed by atoms with Crippen LogP contribution in [0.2, 0.25) is 36.3 Å². The fourth-order valence-electron chi connectivity index (χ4n) is 10.2. The van der Waals surface area contributed by atoms with Crippen LogP contribution in [0, 0.1) is 0 Å². The van der Waals surface area contributed by atoms with Crippen LogP contribution in [0.25, 0.3) is 0 Å². The zero-order valence-electron chi connectivity index (χ0n) is 73.9. The summed E-state index contributed by atoms with van der Waals surface area (Å²) in [6.45, 7) is 61.0. The van der Waals surface area contributed by atoms with E-state index < -0.39 is 130 Å². The lowest BCUT2D eigenvalue weighted by atomic mass is 10.0. The molecule has 3 N–H and O–H groups in total. The van der Waals surface area contributed by atoms with E-state index in [4.69, 9.17) is 61.3 Å². The number of amides is 2. The molecule has 6 rings (SSSR count). The molecule has 3 aliphatic heterocycles. The predicted octanol–water partition coefficient (Wildman–Crippen LogP) is 7.77. The standard InChI is InChI=1S/C27H48N4O8SSi.C21H34N4O8S.C19H38N4O3SSi.C8H12O6/c1-18(38-25(34)19(2)37-20(3)32)24(33)31(26(4,5)6)16-21(39-41(10,11)27(7,8)9)17-36-23-22(28-40-29-23)30-12-14-35-15-13-30;1-13(33-20(29)14(2)32-15(3)26)19(28)25(21(4,5)6)11-16(27)12-31-18-17(22-34-23-18)24-7-9-30-10-8-24;1-18(2,3)20-13-15(26-28(7,8)19(4,5)6)14-25-17-16(21-27-22-17)23-9-11-24-12-10-23;1-4(7(10)11)14-8(12)5(2)13-6(3)9/h18-19,21H,12-17H2,1-11H3;13-14,16,27H,7-12H2,1-6H3;15,20H,9-14H2,1-8H3;4-5H,1-3H3,(H,10,11)/t18-,19-,21-;13-,14-,16-;15-;4-,5-/m0000/s1. The minimum Gasteiger partial charge on any atom is -0.479 e. The maximum atomic E-state index is 13.7. The first-order valence-corrected chi connectivity index (χ1v) is 47.1. The summed E-state index contributed by atoms with van der Waals surface area (Å²) in [7, 11) is -4.21. The Labute approximate surface area is 704 Å². The number of hydrogen-bond acceptors (Lipinski definition) is 37. The highest BCUT2D eigenvalue weighted by Gasteiger charge is 2.44. The van der Waals surface area contributed by atoms with E-state index in [1.807, 2.05) is 25.7 Å². The number of carbonyl (C=O) groups excluding carboxylic acids is 8. The molecule has 0 saturated carbocycles. The number of aliphatic hydroxyl groups excluding tert-OH is 1. The second-order valence-corrected chi connectivity index (χ2v) is 45.4. The Morgan fingerprint density at radius 2 is 0.726 bits per heavy atom. The molecule has 2 amide bonds. The van der Waals surface area contributed by atoms with Gasteiger partial charge < -0.3 is 106 Å². The van der Waals surface area contributed by atoms with Crippen LogP contribution in [0.15, 0.2) is 0 Å². The monoisotopic (exact) mass is 1750 g/mol. The van der Waals surface area contributed by atoms with Crippen molar-refractivity contribution in [2.75, 3.05) is 133 Å². The van der Waals surface area contributed by atoms with E-state index in [-0.39, 0.29) is 48.0 Å². The van der Waals surface area contributed by atoms with Crippen molar-refractivity contribution in [1.29, 1.82) is 0 Å². The van der Waals surface area contributed by atoms with E-state index in [1.54, 1.807) is 25.7 Å². The Balaban J connectivity index is 0.000000424. The number of aliphatic hydroxyl groups is 1. The Kier molecular flexibility index (Phi) is 41.9. The molecule has 117 heavy (non-hydrogen) atoms. The number of morpholine rings is 3. The number of β-amino-alcohol motifs (C(OH)–C–C–N with tert-alkyl or cyclic N) is 1. The van der Waals surface area contributed by atoms with E-state index in [2.05, 4.69) is 139 Å². The van der Waals surface area contributed by atoms with Crippen molar-refractivity contribution in [2.24, 2.45) is 0 Å². The van der Waals surface area contributed by atoms with Crippen LogP contribution in [0.3, 0.4) is 0 Å². The number of hydrogen-bond donors (Lipinski definition) is 3. The van der Waals surface area contributed by atoms with Crippen molar-refractivity contribution in [1.82, 2.24) is 41.4 Å². The first-order valence-electron chi connectivity index (χ1n) is 39.1. The van der Waals surface area contributed by atoms with Gasteiger partial charge in [-0.15, -0.1) is 13.1 Å². The summed E-state index contributed by atoms with van der Waals surface area (Å²) < 4.78 is 103. The summed E-state index contributed by atoms with van der Waals surface area (Å²) in [6.07, 6.45) is -8.43. The lowest BCUT2D eigenvalue weighted by Crippen LogP contribution is -2.56. The predicted molar refractivity (Wildman–Crippen MR) is 444 cm³/mol. The van der Waals surface area contributed by atoms with Crippen molar-refractivity contribution >= 4 is 123 Å². The van der Waals surface area contributed by atoms with Gasteiger partial charge in [-0.05, 0) is 140 Å². The van der Waals surface area contributed by atoms with Crippen molar-refractivity contribution < 1.29 is 119 Å². The maximum absolute atomic E-state index is 13.7. The second-order valence-electron chi connectivity index (χ2n) is 34.3. The van der Waals surface area contributed by atoms with Gasteiger partial charge in [0.2, 0.25) is 17.5 Å². The summed E-state index contributed by atoms with van der Waals surface area (Å²) in [5.74, 6) is -3.07. The molecule has 668 valence electrons. The van der Waals surface area contributed by atoms with Gasteiger partial charge in [0.15, 0.2) is 53.3 Å². The van der Waals surface area contributed by atoms with E-state index in [9.17, 15) is 48.3 Å². The molecule has 0 radical (unpaired) electrons. The van der Waals surface area contributed by atoms with Gasteiger partial charge in [0.05, 0.1) is 93.6 Å². The number of aromatic nitrogens is 6. The number of nitrogens with zero attached hydrogens (tertiary/aromatic N) is 11. The van der Waals surface area contributed by atoms with Gasteiger partial charge in [0.25, 0.3) is 29.5 Å². The summed E-state index contributed by atoms with van der Waals surface area (Å²) in [4.78, 5) is 115. The molecule has 6 heterocycles. The van der Waals surface area contributed by atoms with Crippen LogP contribution in [0.1, 0.15) is 166 Å². The molecular weight excluding hydrogens is 1620 g/mol. The number of carboxylic acids is 1. The van der Waals surface area contributed by atoms with E-state index >= 15 is 0 Å². The van der Waals surface area contributed by atoms with Crippen molar-refractivity contribution in [2.45, 2.75) is 274 Å². The van der Waals surface area contributed by atoms with E-state index in [0.717, 1.165) is 55.8 Å². The average Bonchev–Trinajstić information content (AvgIpc) is 1.25. The highest BCUT2D eigenvalue weighted by atomic mass is 32.1. The Hall–Kier alpha value is -7.14. The van der Waals surface area contributed by atoms with Crippen LogP contribution in [-0.2, 0) is 94.6 Å². The number of esters is 6. The molecule has 37 nitrogen and oxygen atoms in total. The van der Waals surface area contributed by atoms with Crippen molar-refractivity contribution in [3.05, 3.63) is 0 Å². The highest BCUT2D eigenvalue weighted by molar-refractivity contribution is 7.00. The van der Waals surface area contributed by atoms with Crippen LogP contribution < -0.4 is 34.2 Å². The van der Waals surface area contributed by atoms with Gasteiger partial charge in [-0.2, -0.15) is 13.1 Å². The molecule has 0 unspecified atom stereocenters. The summed E-state index contributed by atoms with van der Waals surface area (Å²) in [6, 6.07) is 0. The average molecular weight is 1750 g/mol. The molecule has 3 fully saturated rings. The molecule has 0 spiro atoms. The van der Waals surface area contributed by atoms with Gasteiger partial charge in [0, 0.05) is 89.7 Å². The maximum Gasteiger partial charge on any atom is 0.347 e. The summed E-state index contributed by atoms with van der Waals surface area (Å²) >= 11 is 3.29. The fraction of sp³-hybridized carbons (Fsp3) is 0.800. The number of nitrogens with one attached hydrogen (secondary N) is 1. The minimum absolute atomic E-state index is 0.0240.